The van der Waals surface area contributed by atoms with Crippen LogP contribution in [0.15, 0.2) is 30.6 Å². The molecule has 0 saturated carbocycles. The Hall–Kier alpha value is -1.61. The van der Waals surface area contributed by atoms with E-state index in [0.717, 1.165) is 18.5 Å². The van der Waals surface area contributed by atoms with Crippen molar-refractivity contribution in [2.75, 3.05) is 0 Å². The van der Waals surface area contributed by atoms with Crippen LogP contribution in [0.3, 0.4) is 0 Å². The zero-order chi connectivity index (χ0) is 11.1. The second-order valence-electron chi connectivity index (χ2n) is 4.49. The summed E-state index contributed by atoms with van der Waals surface area (Å²) in [5.41, 5.74) is 11.0. The summed E-state index contributed by atoms with van der Waals surface area (Å²) in [6.07, 6.45) is 6.07. The molecule has 0 aliphatic heterocycles. The Morgan fingerprint density at radius 1 is 1.44 bits per heavy atom. The van der Waals surface area contributed by atoms with Gasteiger partial charge in [0.05, 0.1) is 11.9 Å². The van der Waals surface area contributed by atoms with Gasteiger partial charge in [-0.15, -0.1) is 0 Å². The van der Waals surface area contributed by atoms with Crippen LogP contribution in [0, 0.1) is 6.92 Å². The summed E-state index contributed by atoms with van der Waals surface area (Å²) in [6.45, 7) is 2.05. The number of aryl methyl sites for hydroxylation is 2. The zero-order valence-electron chi connectivity index (χ0n) is 9.35. The Morgan fingerprint density at radius 3 is 3.06 bits per heavy atom. The number of fused-ring (bicyclic) bond motifs is 1. The fourth-order valence-electron chi connectivity index (χ4n) is 2.33. The molecular formula is C13H15N3. The summed E-state index contributed by atoms with van der Waals surface area (Å²) in [5.74, 6) is 0. The molecule has 1 heterocycles. The van der Waals surface area contributed by atoms with Crippen LogP contribution in [0.4, 0.5) is 0 Å². The minimum absolute atomic E-state index is 0.225. The van der Waals surface area contributed by atoms with E-state index in [1.165, 1.54) is 16.7 Å². The van der Waals surface area contributed by atoms with Crippen molar-refractivity contribution < 1.29 is 0 Å². The van der Waals surface area contributed by atoms with E-state index in [0.29, 0.717) is 0 Å². The normalized spacial score (nSPS) is 18.8. The van der Waals surface area contributed by atoms with Crippen LogP contribution in [-0.2, 0) is 6.42 Å². The first-order chi connectivity index (χ1) is 7.74. The molecule has 1 atom stereocenters. The Bertz CT molecular complexity index is 528. The first kappa shape index (κ1) is 9.60. The van der Waals surface area contributed by atoms with Crippen molar-refractivity contribution in [1.82, 2.24) is 9.78 Å². The highest BCUT2D eigenvalue weighted by Gasteiger charge is 2.19. The fraction of sp³-hybridized carbons (Fsp3) is 0.308. The van der Waals surface area contributed by atoms with Gasteiger partial charge in [-0.1, -0.05) is 6.07 Å². The molecule has 0 fully saturated rings. The standard InChI is InChI=1S/C13H15N3/c1-9-7-15-16(8-9)11-3-4-12-10(6-11)2-5-13(12)14/h3-4,6-8,13H,2,5,14H2,1H3. The second kappa shape index (κ2) is 3.46. The van der Waals surface area contributed by atoms with E-state index in [4.69, 9.17) is 5.73 Å². The van der Waals surface area contributed by atoms with Gasteiger partial charge >= 0.3 is 0 Å². The van der Waals surface area contributed by atoms with E-state index in [-0.39, 0.29) is 6.04 Å². The van der Waals surface area contributed by atoms with Crippen molar-refractivity contribution in [1.29, 1.82) is 0 Å². The molecule has 0 spiro atoms. The van der Waals surface area contributed by atoms with Crippen LogP contribution in [0.25, 0.3) is 5.69 Å². The molecule has 2 N–H and O–H groups in total. The highest BCUT2D eigenvalue weighted by molar-refractivity contribution is 5.44. The van der Waals surface area contributed by atoms with E-state index in [1.54, 1.807) is 0 Å². The van der Waals surface area contributed by atoms with Gasteiger partial charge in [-0.2, -0.15) is 5.10 Å². The predicted octanol–water partition coefficient (Wildman–Crippen LogP) is 2.13. The van der Waals surface area contributed by atoms with Gasteiger partial charge in [0.15, 0.2) is 0 Å². The topological polar surface area (TPSA) is 43.8 Å². The van der Waals surface area contributed by atoms with E-state index in [9.17, 15) is 0 Å². The van der Waals surface area contributed by atoms with Crippen LogP contribution in [0.1, 0.15) is 29.2 Å². The lowest BCUT2D eigenvalue weighted by Gasteiger charge is -2.07. The fourth-order valence-corrected chi connectivity index (χ4v) is 2.33. The third-order valence-electron chi connectivity index (χ3n) is 3.23. The van der Waals surface area contributed by atoms with Crippen molar-refractivity contribution in [3.8, 4) is 5.69 Å². The quantitative estimate of drug-likeness (QED) is 0.788. The van der Waals surface area contributed by atoms with Crippen LogP contribution < -0.4 is 5.73 Å². The molecule has 3 nitrogen and oxygen atoms in total. The lowest BCUT2D eigenvalue weighted by molar-refractivity contribution is 0.713. The Kier molecular flexibility index (Phi) is 2.07. The Labute approximate surface area is 94.9 Å². The van der Waals surface area contributed by atoms with E-state index in [1.807, 2.05) is 24.0 Å². The molecule has 16 heavy (non-hydrogen) atoms. The van der Waals surface area contributed by atoms with Gasteiger partial charge in [0.25, 0.3) is 0 Å². The van der Waals surface area contributed by atoms with Crippen molar-refractivity contribution >= 4 is 0 Å². The number of hydrogen-bond acceptors (Lipinski definition) is 2. The summed E-state index contributed by atoms with van der Waals surface area (Å²) < 4.78 is 1.92. The molecule has 2 aromatic rings. The third-order valence-corrected chi connectivity index (χ3v) is 3.23. The molecule has 0 amide bonds. The van der Waals surface area contributed by atoms with E-state index >= 15 is 0 Å². The SMILES string of the molecule is Cc1cnn(-c2ccc3c(c2)CCC3N)c1. The largest absolute Gasteiger partial charge is 0.324 e. The van der Waals surface area contributed by atoms with Gasteiger partial charge in [0.2, 0.25) is 0 Å². The summed E-state index contributed by atoms with van der Waals surface area (Å²) in [6, 6.07) is 6.66. The lowest BCUT2D eigenvalue weighted by Crippen LogP contribution is -2.05. The maximum atomic E-state index is 6.02. The highest BCUT2D eigenvalue weighted by Crippen LogP contribution is 2.30. The molecule has 1 aliphatic carbocycles. The molecule has 1 unspecified atom stereocenters. The smallest absolute Gasteiger partial charge is 0.0648 e. The molecule has 1 aliphatic rings. The minimum atomic E-state index is 0.225. The molecule has 3 heteroatoms. The zero-order valence-corrected chi connectivity index (χ0v) is 9.35. The number of aromatic nitrogens is 2. The Morgan fingerprint density at radius 2 is 2.31 bits per heavy atom. The van der Waals surface area contributed by atoms with Crippen LogP contribution in [-0.4, -0.2) is 9.78 Å². The van der Waals surface area contributed by atoms with Crippen LogP contribution in [0.2, 0.25) is 0 Å². The molecule has 1 aromatic carbocycles. The number of rotatable bonds is 1. The van der Waals surface area contributed by atoms with Gasteiger partial charge < -0.3 is 5.73 Å². The van der Waals surface area contributed by atoms with Crippen molar-refractivity contribution in [2.45, 2.75) is 25.8 Å². The van der Waals surface area contributed by atoms with Gasteiger partial charge in [0, 0.05) is 12.2 Å². The number of nitrogens with zero attached hydrogens (tertiary/aromatic N) is 2. The number of hydrogen-bond donors (Lipinski definition) is 1. The van der Waals surface area contributed by atoms with E-state index < -0.39 is 0 Å². The average molecular weight is 213 g/mol. The molecule has 1 aromatic heterocycles. The Balaban J connectivity index is 2.05. The molecular weight excluding hydrogens is 198 g/mol. The molecule has 0 bridgehead atoms. The van der Waals surface area contributed by atoms with Gasteiger partial charge in [-0.3, -0.25) is 0 Å². The molecule has 0 radical (unpaired) electrons. The van der Waals surface area contributed by atoms with E-state index in [2.05, 4.69) is 23.3 Å². The van der Waals surface area contributed by atoms with Gasteiger partial charge in [-0.25, -0.2) is 4.68 Å². The van der Waals surface area contributed by atoms with Crippen molar-refractivity contribution in [2.24, 2.45) is 5.73 Å². The monoisotopic (exact) mass is 213 g/mol. The summed E-state index contributed by atoms with van der Waals surface area (Å²) in [4.78, 5) is 0. The first-order valence-corrected chi connectivity index (χ1v) is 5.64. The summed E-state index contributed by atoms with van der Waals surface area (Å²) >= 11 is 0. The van der Waals surface area contributed by atoms with Crippen molar-refractivity contribution in [3.05, 3.63) is 47.3 Å². The third kappa shape index (κ3) is 1.44. The first-order valence-electron chi connectivity index (χ1n) is 5.64. The average Bonchev–Trinajstić information content (AvgIpc) is 2.86. The second-order valence-corrected chi connectivity index (χ2v) is 4.49. The molecule has 82 valence electrons. The van der Waals surface area contributed by atoms with Crippen molar-refractivity contribution in [3.63, 3.8) is 0 Å². The molecule has 3 rings (SSSR count). The number of nitrogens with two attached hydrogens (primary N) is 1. The lowest BCUT2D eigenvalue weighted by atomic mass is 10.1. The van der Waals surface area contributed by atoms with Gasteiger partial charge in [-0.05, 0) is 48.6 Å². The van der Waals surface area contributed by atoms with Crippen LogP contribution in [0.5, 0.6) is 0 Å². The maximum absolute atomic E-state index is 6.02. The molecule has 0 saturated heterocycles. The number of benzene rings is 1. The predicted molar refractivity (Wildman–Crippen MR) is 63.6 cm³/mol. The minimum Gasteiger partial charge on any atom is -0.324 e. The highest BCUT2D eigenvalue weighted by atomic mass is 15.3. The van der Waals surface area contributed by atoms with Crippen LogP contribution >= 0.6 is 0 Å². The summed E-state index contributed by atoms with van der Waals surface area (Å²) in [7, 11) is 0. The van der Waals surface area contributed by atoms with Gasteiger partial charge in [0.1, 0.15) is 0 Å². The summed E-state index contributed by atoms with van der Waals surface area (Å²) in [5, 5.41) is 4.32. The maximum Gasteiger partial charge on any atom is 0.0648 e.